The summed E-state index contributed by atoms with van der Waals surface area (Å²) in [5.74, 6) is -0.0664. The Morgan fingerprint density at radius 1 is 1.09 bits per heavy atom. The number of carbonyl (C=O) groups excluding carboxylic acids is 2. The molecule has 0 unspecified atom stereocenters. The number of rotatable bonds is 11. The van der Waals surface area contributed by atoms with Crippen LogP contribution in [0.15, 0.2) is 48.5 Å². The predicted octanol–water partition coefficient (Wildman–Crippen LogP) is 3.10. The minimum Gasteiger partial charge on any atom is -0.497 e. The van der Waals surface area contributed by atoms with Crippen molar-refractivity contribution in [1.82, 2.24) is 10.2 Å². The van der Waals surface area contributed by atoms with Crippen molar-refractivity contribution >= 4 is 27.5 Å². The van der Waals surface area contributed by atoms with Crippen molar-refractivity contribution in [1.29, 1.82) is 0 Å². The highest BCUT2D eigenvalue weighted by Gasteiger charge is 2.32. The molecular weight excluding hydrogens is 454 g/mol. The van der Waals surface area contributed by atoms with Gasteiger partial charge in [0.25, 0.3) is 0 Å². The second kappa shape index (κ2) is 11.9. The molecule has 9 heteroatoms. The lowest BCUT2D eigenvalue weighted by Crippen LogP contribution is -2.53. The number of ether oxygens (including phenoxy) is 1. The van der Waals surface area contributed by atoms with Gasteiger partial charge in [-0.15, -0.1) is 0 Å². The molecule has 2 aromatic rings. The Bertz CT molecular complexity index is 1080. The molecule has 0 aliphatic heterocycles. The summed E-state index contributed by atoms with van der Waals surface area (Å²) in [4.78, 5) is 28.0. The van der Waals surface area contributed by atoms with E-state index in [0.29, 0.717) is 17.9 Å². The van der Waals surface area contributed by atoms with E-state index in [1.807, 2.05) is 45.9 Å². The lowest BCUT2D eigenvalue weighted by atomic mass is 10.1. The van der Waals surface area contributed by atoms with Crippen molar-refractivity contribution in [3.8, 4) is 5.75 Å². The van der Waals surface area contributed by atoms with Gasteiger partial charge in [-0.1, -0.05) is 31.2 Å². The van der Waals surface area contributed by atoms with Crippen LogP contribution < -0.4 is 14.4 Å². The number of carbonyl (C=O) groups is 2. The molecule has 2 amide bonds. The summed E-state index contributed by atoms with van der Waals surface area (Å²) in [6.45, 7) is 7.12. The van der Waals surface area contributed by atoms with Gasteiger partial charge in [-0.05, 0) is 62.6 Å². The molecule has 0 radical (unpaired) electrons. The van der Waals surface area contributed by atoms with Crippen LogP contribution in [0.25, 0.3) is 0 Å². The van der Waals surface area contributed by atoms with E-state index in [9.17, 15) is 18.0 Å². The Kier molecular flexibility index (Phi) is 9.49. The van der Waals surface area contributed by atoms with Crippen LogP contribution in [0.1, 0.15) is 38.3 Å². The van der Waals surface area contributed by atoms with Crippen molar-refractivity contribution in [2.24, 2.45) is 0 Å². The van der Waals surface area contributed by atoms with Crippen molar-refractivity contribution in [3.63, 3.8) is 0 Å². The van der Waals surface area contributed by atoms with Gasteiger partial charge in [0, 0.05) is 12.6 Å². The van der Waals surface area contributed by atoms with Crippen LogP contribution in [0, 0.1) is 6.92 Å². The van der Waals surface area contributed by atoms with Crippen molar-refractivity contribution in [2.45, 2.75) is 52.7 Å². The van der Waals surface area contributed by atoms with Crippen LogP contribution in [0.4, 0.5) is 5.69 Å². The molecule has 2 rings (SSSR count). The van der Waals surface area contributed by atoms with E-state index in [2.05, 4.69) is 5.32 Å². The van der Waals surface area contributed by atoms with E-state index in [-0.39, 0.29) is 18.5 Å². The number of amides is 2. The van der Waals surface area contributed by atoms with Crippen LogP contribution in [0.5, 0.6) is 5.75 Å². The number of nitrogens with one attached hydrogen (secondary N) is 1. The number of nitrogens with zero attached hydrogens (tertiary/aromatic N) is 2. The standard InChI is InChI=1S/C25H35N3O5S/c1-7-23(25(30)26-18(2)3)27(16-20-11-13-22(33-5)14-12-20)24(29)17-28(34(6,31)32)21-10-8-9-19(4)15-21/h8-15,18,23H,7,16-17H2,1-6H3,(H,26,30)/t23-/m0/s1. The number of aryl methyl sites for hydroxylation is 1. The van der Waals surface area contributed by atoms with E-state index in [4.69, 9.17) is 4.74 Å². The molecule has 0 spiro atoms. The van der Waals surface area contributed by atoms with E-state index >= 15 is 0 Å². The van der Waals surface area contributed by atoms with E-state index in [0.717, 1.165) is 21.7 Å². The van der Waals surface area contributed by atoms with Gasteiger partial charge in [-0.3, -0.25) is 13.9 Å². The number of hydrogen-bond acceptors (Lipinski definition) is 5. The minimum absolute atomic E-state index is 0.0979. The smallest absolute Gasteiger partial charge is 0.244 e. The number of sulfonamides is 1. The van der Waals surface area contributed by atoms with Crippen LogP contribution in [0.3, 0.4) is 0 Å². The SMILES string of the molecule is CC[C@@H](C(=O)NC(C)C)N(Cc1ccc(OC)cc1)C(=O)CN(c1cccc(C)c1)S(C)(=O)=O. The zero-order chi connectivity index (χ0) is 25.5. The number of anilines is 1. The van der Waals surface area contributed by atoms with Gasteiger partial charge in [0.05, 0.1) is 19.1 Å². The molecule has 0 heterocycles. The fraction of sp³-hybridized carbons (Fsp3) is 0.440. The zero-order valence-corrected chi connectivity index (χ0v) is 21.6. The number of hydrogen-bond donors (Lipinski definition) is 1. The average Bonchev–Trinajstić information content (AvgIpc) is 2.76. The largest absolute Gasteiger partial charge is 0.497 e. The molecule has 0 aliphatic carbocycles. The molecule has 1 atom stereocenters. The van der Waals surface area contributed by atoms with Crippen LogP contribution in [-0.4, -0.2) is 57.1 Å². The van der Waals surface area contributed by atoms with E-state index < -0.39 is 28.5 Å². The molecule has 0 aliphatic rings. The zero-order valence-electron chi connectivity index (χ0n) is 20.7. The Labute approximate surface area is 202 Å². The average molecular weight is 490 g/mol. The van der Waals surface area contributed by atoms with Gasteiger partial charge in [-0.2, -0.15) is 0 Å². The normalized spacial score (nSPS) is 12.2. The second-order valence-corrected chi connectivity index (χ2v) is 10.5. The Morgan fingerprint density at radius 3 is 2.24 bits per heavy atom. The Balaban J connectivity index is 2.43. The van der Waals surface area contributed by atoms with E-state index in [1.54, 1.807) is 37.4 Å². The summed E-state index contributed by atoms with van der Waals surface area (Å²) < 4.78 is 31.5. The number of methoxy groups -OCH3 is 1. The van der Waals surface area contributed by atoms with Crippen molar-refractivity contribution in [3.05, 3.63) is 59.7 Å². The molecule has 0 fully saturated rings. The Morgan fingerprint density at radius 2 is 1.74 bits per heavy atom. The summed E-state index contributed by atoms with van der Waals surface area (Å²) in [6.07, 6.45) is 1.45. The molecule has 0 saturated carbocycles. The van der Waals surface area contributed by atoms with E-state index in [1.165, 1.54) is 4.90 Å². The van der Waals surface area contributed by atoms with Gasteiger partial charge in [0.1, 0.15) is 18.3 Å². The van der Waals surface area contributed by atoms with Gasteiger partial charge in [0.15, 0.2) is 0 Å². The third-order valence-electron chi connectivity index (χ3n) is 5.30. The Hall–Kier alpha value is -3.07. The maximum Gasteiger partial charge on any atom is 0.244 e. The lowest BCUT2D eigenvalue weighted by molar-refractivity contribution is -0.140. The molecule has 0 saturated heterocycles. The highest BCUT2D eigenvalue weighted by Crippen LogP contribution is 2.21. The van der Waals surface area contributed by atoms with Gasteiger partial charge in [0.2, 0.25) is 21.8 Å². The topological polar surface area (TPSA) is 96.0 Å². The molecule has 186 valence electrons. The summed E-state index contributed by atoms with van der Waals surface area (Å²) >= 11 is 0. The van der Waals surface area contributed by atoms with Gasteiger partial charge < -0.3 is 15.0 Å². The third-order valence-corrected chi connectivity index (χ3v) is 6.44. The first-order chi connectivity index (χ1) is 16.0. The quantitative estimate of drug-likeness (QED) is 0.523. The van der Waals surface area contributed by atoms with Crippen molar-refractivity contribution in [2.75, 3.05) is 24.2 Å². The van der Waals surface area contributed by atoms with Gasteiger partial charge in [-0.25, -0.2) is 8.42 Å². The van der Waals surface area contributed by atoms with Gasteiger partial charge >= 0.3 is 0 Å². The molecule has 0 bridgehead atoms. The maximum atomic E-state index is 13.6. The lowest BCUT2D eigenvalue weighted by Gasteiger charge is -2.33. The fourth-order valence-electron chi connectivity index (χ4n) is 3.62. The molecule has 34 heavy (non-hydrogen) atoms. The highest BCUT2D eigenvalue weighted by atomic mass is 32.2. The first kappa shape index (κ1) is 27.2. The van der Waals surface area contributed by atoms with Crippen LogP contribution in [-0.2, 0) is 26.2 Å². The highest BCUT2D eigenvalue weighted by molar-refractivity contribution is 7.92. The van der Waals surface area contributed by atoms with Crippen molar-refractivity contribution < 1.29 is 22.7 Å². The predicted molar refractivity (Wildman–Crippen MR) is 134 cm³/mol. The second-order valence-electron chi connectivity index (χ2n) is 8.57. The third kappa shape index (κ3) is 7.48. The molecule has 1 N–H and O–H groups in total. The summed E-state index contributed by atoms with van der Waals surface area (Å²) in [5, 5.41) is 2.87. The van der Waals surface area contributed by atoms with Crippen LogP contribution in [0.2, 0.25) is 0 Å². The molecule has 8 nitrogen and oxygen atoms in total. The minimum atomic E-state index is -3.75. The fourth-order valence-corrected chi connectivity index (χ4v) is 4.47. The molecule has 2 aromatic carbocycles. The summed E-state index contributed by atoms with van der Waals surface area (Å²) in [5.41, 5.74) is 2.07. The first-order valence-electron chi connectivity index (χ1n) is 11.2. The summed E-state index contributed by atoms with van der Waals surface area (Å²) in [7, 11) is -2.18. The maximum absolute atomic E-state index is 13.6. The summed E-state index contributed by atoms with van der Waals surface area (Å²) in [6, 6.07) is 13.3. The van der Waals surface area contributed by atoms with Crippen LogP contribution >= 0.6 is 0 Å². The molecular formula is C25H35N3O5S. The first-order valence-corrected chi connectivity index (χ1v) is 13.1. The monoisotopic (exact) mass is 489 g/mol. The number of benzene rings is 2. The molecule has 0 aromatic heterocycles.